The van der Waals surface area contributed by atoms with Crippen molar-refractivity contribution in [2.75, 3.05) is 19.7 Å². The van der Waals surface area contributed by atoms with E-state index in [-0.39, 0.29) is 17.9 Å². The van der Waals surface area contributed by atoms with E-state index in [2.05, 4.69) is 41.8 Å². The Hall–Kier alpha value is -1.39. The molecule has 0 heterocycles. The van der Waals surface area contributed by atoms with Crippen molar-refractivity contribution in [2.45, 2.75) is 39.2 Å². The topological polar surface area (TPSA) is 61.4 Å². The van der Waals surface area contributed by atoms with E-state index in [1.807, 2.05) is 0 Å². The summed E-state index contributed by atoms with van der Waals surface area (Å²) in [7, 11) is 0. The van der Waals surface area contributed by atoms with Crippen molar-refractivity contribution in [3.8, 4) is 0 Å². The van der Waals surface area contributed by atoms with Crippen LogP contribution in [0.25, 0.3) is 0 Å². The zero-order valence-corrected chi connectivity index (χ0v) is 13.0. The number of hydrogen-bond donors (Lipinski definition) is 3. The van der Waals surface area contributed by atoms with Gasteiger partial charge in [-0.25, -0.2) is 0 Å². The Kier molecular flexibility index (Phi) is 5.37. The molecule has 0 aromatic heterocycles. The quantitative estimate of drug-likeness (QED) is 0.684. The maximum atomic E-state index is 10.8. The maximum absolute atomic E-state index is 10.8. The molecule has 1 fully saturated rings. The SMILES string of the molecule is CC(=O)NCCc1ccc(C(C)NCC2(CO)CC2)cc1. The second-order valence-corrected chi connectivity index (χ2v) is 6.24. The average Bonchev–Trinajstić information content (AvgIpc) is 3.26. The monoisotopic (exact) mass is 290 g/mol. The molecule has 21 heavy (non-hydrogen) atoms. The summed E-state index contributed by atoms with van der Waals surface area (Å²) in [5, 5.41) is 15.6. The van der Waals surface area contributed by atoms with Gasteiger partial charge in [0.15, 0.2) is 0 Å². The van der Waals surface area contributed by atoms with Crippen LogP contribution < -0.4 is 10.6 Å². The highest BCUT2D eigenvalue weighted by molar-refractivity contribution is 5.72. The summed E-state index contributed by atoms with van der Waals surface area (Å²) in [6.07, 6.45) is 3.12. The van der Waals surface area contributed by atoms with Gasteiger partial charge in [-0.3, -0.25) is 4.79 Å². The van der Waals surface area contributed by atoms with Gasteiger partial charge in [0.2, 0.25) is 5.91 Å². The van der Waals surface area contributed by atoms with E-state index in [1.165, 1.54) is 18.1 Å². The number of aliphatic hydroxyl groups is 1. The van der Waals surface area contributed by atoms with Crippen molar-refractivity contribution in [1.29, 1.82) is 0 Å². The Labute approximate surface area is 126 Å². The molecule has 1 aromatic carbocycles. The smallest absolute Gasteiger partial charge is 0.216 e. The summed E-state index contributed by atoms with van der Waals surface area (Å²) in [4.78, 5) is 10.8. The van der Waals surface area contributed by atoms with Crippen LogP contribution in [0.2, 0.25) is 0 Å². The van der Waals surface area contributed by atoms with Crippen LogP contribution in [0.3, 0.4) is 0 Å². The summed E-state index contributed by atoms with van der Waals surface area (Å²) in [6.45, 7) is 5.54. The molecule has 1 atom stereocenters. The lowest BCUT2D eigenvalue weighted by atomic mass is 10.0. The molecule has 4 heteroatoms. The number of hydrogen-bond acceptors (Lipinski definition) is 3. The van der Waals surface area contributed by atoms with Crippen LogP contribution >= 0.6 is 0 Å². The van der Waals surface area contributed by atoms with E-state index in [4.69, 9.17) is 0 Å². The van der Waals surface area contributed by atoms with Crippen molar-refractivity contribution >= 4 is 5.91 Å². The minimum absolute atomic E-state index is 0.0160. The molecule has 3 N–H and O–H groups in total. The highest BCUT2D eigenvalue weighted by atomic mass is 16.3. The van der Waals surface area contributed by atoms with Gasteiger partial charge < -0.3 is 15.7 Å². The van der Waals surface area contributed by atoms with Gasteiger partial charge in [-0.15, -0.1) is 0 Å². The number of carbonyl (C=O) groups is 1. The number of carbonyl (C=O) groups excluding carboxylic acids is 1. The Balaban J connectivity index is 1.79. The lowest BCUT2D eigenvalue weighted by Gasteiger charge is -2.19. The fourth-order valence-corrected chi connectivity index (χ4v) is 2.41. The number of nitrogens with one attached hydrogen (secondary N) is 2. The fourth-order valence-electron chi connectivity index (χ4n) is 2.41. The van der Waals surface area contributed by atoms with Crippen molar-refractivity contribution in [1.82, 2.24) is 10.6 Å². The van der Waals surface area contributed by atoms with Gasteiger partial charge in [0.25, 0.3) is 0 Å². The molecule has 1 aliphatic carbocycles. The summed E-state index contributed by atoms with van der Waals surface area (Å²) < 4.78 is 0. The second kappa shape index (κ2) is 7.05. The van der Waals surface area contributed by atoms with E-state index in [9.17, 15) is 9.90 Å². The van der Waals surface area contributed by atoms with Gasteiger partial charge in [-0.2, -0.15) is 0 Å². The van der Waals surface area contributed by atoms with Crippen molar-refractivity contribution in [2.24, 2.45) is 5.41 Å². The van der Waals surface area contributed by atoms with E-state index in [0.29, 0.717) is 12.6 Å². The molecule has 1 saturated carbocycles. The molecule has 0 radical (unpaired) electrons. The van der Waals surface area contributed by atoms with Crippen LogP contribution in [0.5, 0.6) is 0 Å². The molecule has 1 amide bonds. The van der Waals surface area contributed by atoms with E-state index in [1.54, 1.807) is 0 Å². The third kappa shape index (κ3) is 4.83. The van der Waals surface area contributed by atoms with Gasteiger partial charge in [0.05, 0.1) is 0 Å². The Morgan fingerprint density at radius 3 is 2.52 bits per heavy atom. The van der Waals surface area contributed by atoms with Crippen LogP contribution in [-0.4, -0.2) is 30.7 Å². The van der Waals surface area contributed by atoms with Gasteiger partial charge in [-0.05, 0) is 37.3 Å². The van der Waals surface area contributed by atoms with Gasteiger partial charge in [0, 0.05) is 38.1 Å². The third-order valence-corrected chi connectivity index (χ3v) is 4.34. The van der Waals surface area contributed by atoms with E-state index < -0.39 is 0 Å². The minimum Gasteiger partial charge on any atom is -0.396 e. The third-order valence-electron chi connectivity index (χ3n) is 4.34. The fraction of sp³-hybridized carbons (Fsp3) is 0.588. The summed E-state index contributed by atoms with van der Waals surface area (Å²) in [5.74, 6) is 0.0160. The molecule has 0 saturated heterocycles. The summed E-state index contributed by atoms with van der Waals surface area (Å²) in [5.41, 5.74) is 2.63. The zero-order chi connectivity index (χ0) is 15.3. The number of benzene rings is 1. The largest absolute Gasteiger partial charge is 0.396 e. The first kappa shape index (κ1) is 16.0. The second-order valence-electron chi connectivity index (χ2n) is 6.24. The van der Waals surface area contributed by atoms with Crippen molar-refractivity contribution < 1.29 is 9.90 Å². The molecule has 0 bridgehead atoms. The molecule has 2 rings (SSSR count). The van der Waals surface area contributed by atoms with Crippen LogP contribution in [0.15, 0.2) is 24.3 Å². The minimum atomic E-state index is 0.0160. The molecule has 1 aliphatic rings. The highest BCUT2D eigenvalue weighted by Gasteiger charge is 2.41. The molecular weight excluding hydrogens is 264 g/mol. The van der Waals surface area contributed by atoms with Crippen LogP contribution in [-0.2, 0) is 11.2 Å². The van der Waals surface area contributed by atoms with Crippen LogP contribution in [0.1, 0.15) is 43.9 Å². The zero-order valence-electron chi connectivity index (χ0n) is 13.0. The lowest BCUT2D eigenvalue weighted by Crippen LogP contribution is -2.28. The molecule has 116 valence electrons. The van der Waals surface area contributed by atoms with Crippen LogP contribution in [0, 0.1) is 5.41 Å². The standard InChI is InChI=1S/C17H26N2O2/c1-13(19-11-17(12-20)8-9-17)16-5-3-15(4-6-16)7-10-18-14(2)21/h3-6,13,19-20H,7-12H2,1-2H3,(H,18,21). The Bertz CT molecular complexity index is 466. The highest BCUT2D eigenvalue weighted by Crippen LogP contribution is 2.44. The van der Waals surface area contributed by atoms with Crippen molar-refractivity contribution in [3.63, 3.8) is 0 Å². The molecule has 0 aliphatic heterocycles. The summed E-state index contributed by atoms with van der Waals surface area (Å²) >= 11 is 0. The first-order chi connectivity index (χ1) is 10.0. The van der Waals surface area contributed by atoms with Gasteiger partial charge >= 0.3 is 0 Å². The lowest BCUT2D eigenvalue weighted by molar-refractivity contribution is -0.118. The number of amides is 1. The molecular formula is C17H26N2O2. The van der Waals surface area contributed by atoms with Gasteiger partial charge in [0.1, 0.15) is 0 Å². The molecule has 4 nitrogen and oxygen atoms in total. The Morgan fingerprint density at radius 1 is 1.33 bits per heavy atom. The number of aliphatic hydroxyl groups excluding tert-OH is 1. The van der Waals surface area contributed by atoms with E-state index in [0.717, 1.165) is 25.8 Å². The predicted octanol–water partition coefficient (Wildman–Crippen LogP) is 1.79. The van der Waals surface area contributed by atoms with Crippen LogP contribution in [0.4, 0.5) is 0 Å². The predicted molar refractivity (Wildman–Crippen MR) is 84.0 cm³/mol. The first-order valence-electron chi connectivity index (χ1n) is 7.72. The molecule has 1 aromatic rings. The van der Waals surface area contributed by atoms with Crippen molar-refractivity contribution in [3.05, 3.63) is 35.4 Å². The number of rotatable bonds is 8. The Morgan fingerprint density at radius 2 is 2.00 bits per heavy atom. The first-order valence-corrected chi connectivity index (χ1v) is 7.72. The normalized spacial score (nSPS) is 17.3. The van der Waals surface area contributed by atoms with E-state index >= 15 is 0 Å². The van der Waals surface area contributed by atoms with Gasteiger partial charge in [-0.1, -0.05) is 24.3 Å². The average molecular weight is 290 g/mol. The molecule has 1 unspecified atom stereocenters. The summed E-state index contributed by atoms with van der Waals surface area (Å²) in [6, 6.07) is 8.81. The maximum Gasteiger partial charge on any atom is 0.216 e. The molecule has 0 spiro atoms.